The molecule has 1 saturated heterocycles. The maximum atomic E-state index is 12.8. The fourth-order valence-electron chi connectivity index (χ4n) is 4.47. The van der Waals surface area contributed by atoms with E-state index in [1.54, 1.807) is 11.4 Å². The van der Waals surface area contributed by atoms with Gasteiger partial charge in [-0.1, -0.05) is 6.07 Å². The summed E-state index contributed by atoms with van der Waals surface area (Å²) in [5.41, 5.74) is 4.88. The summed E-state index contributed by atoms with van der Waals surface area (Å²) in [7, 11) is 0. The first-order valence-corrected chi connectivity index (χ1v) is 11.9. The quantitative estimate of drug-likeness (QED) is 0.525. The maximum absolute atomic E-state index is 12.8. The average Bonchev–Trinajstić information content (AvgIpc) is 3.47. The highest BCUT2D eigenvalue weighted by molar-refractivity contribution is 7.08. The topological polar surface area (TPSA) is 96.5 Å². The summed E-state index contributed by atoms with van der Waals surface area (Å²) >= 11 is 1.12. The number of cyclic esters (lactones) is 1. The van der Waals surface area contributed by atoms with Gasteiger partial charge in [0.1, 0.15) is 17.5 Å². The molecule has 0 spiro atoms. The molecule has 3 heterocycles. The van der Waals surface area contributed by atoms with Crippen LogP contribution >= 0.6 is 11.3 Å². The van der Waals surface area contributed by atoms with Gasteiger partial charge in [0.05, 0.1) is 24.3 Å². The normalized spacial score (nSPS) is 17.4. The number of thiophene rings is 1. The number of carbonyl (C=O) groups excluding carboxylic acids is 2. The van der Waals surface area contributed by atoms with Crippen molar-refractivity contribution < 1.29 is 32.2 Å². The van der Waals surface area contributed by atoms with Gasteiger partial charge in [0.2, 0.25) is 5.91 Å². The lowest BCUT2D eigenvalue weighted by Gasteiger charge is -2.16. The zero-order chi connectivity index (χ0) is 24.7. The van der Waals surface area contributed by atoms with Crippen molar-refractivity contribution in [3.05, 3.63) is 40.1 Å². The van der Waals surface area contributed by atoms with E-state index in [-0.39, 0.29) is 18.2 Å². The van der Waals surface area contributed by atoms with Crippen LogP contribution in [0.25, 0.3) is 22.5 Å². The molecule has 12 heteroatoms. The molecule has 2 aromatic heterocycles. The average molecular weight is 507 g/mol. The number of ether oxygens (including phenoxy) is 2. The maximum Gasteiger partial charge on any atom is 0.573 e. The van der Waals surface area contributed by atoms with Crippen LogP contribution < -0.4 is 15.0 Å². The summed E-state index contributed by atoms with van der Waals surface area (Å²) < 4.78 is 48.1. The standard InChI is InChI=1S/C23H21F3N4O4S/c1-12(31)27-8-15-9-30(22(32)33-15)14-5-6-16-13(7-14)3-2-4-17-20(16)28-29-21(17)18-10-35-11-19(18)34-23(24,25)26/h5-7,10-11,15H,2-4,8-9H2,1H3,(H,27,31)(H,28,29)/t15-/m0/s1. The number of rotatable bonds is 5. The first-order chi connectivity index (χ1) is 16.7. The van der Waals surface area contributed by atoms with E-state index in [0.29, 0.717) is 29.9 Å². The number of aryl methyl sites for hydroxylation is 1. The van der Waals surface area contributed by atoms with E-state index in [9.17, 15) is 22.8 Å². The fraction of sp³-hybridized carbons (Fsp3) is 0.348. The van der Waals surface area contributed by atoms with Crippen molar-refractivity contribution >= 4 is 29.0 Å². The zero-order valence-electron chi connectivity index (χ0n) is 18.6. The fourth-order valence-corrected chi connectivity index (χ4v) is 5.20. The summed E-state index contributed by atoms with van der Waals surface area (Å²) in [6, 6.07) is 5.61. The number of aromatic nitrogens is 2. The van der Waals surface area contributed by atoms with Gasteiger partial charge >= 0.3 is 12.5 Å². The number of hydrogen-bond donors (Lipinski definition) is 2. The number of aromatic amines is 1. The van der Waals surface area contributed by atoms with E-state index >= 15 is 0 Å². The molecule has 1 fully saturated rings. The molecule has 1 aliphatic carbocycles. The molecule has 0 saturated carbocycles. The third-order valence-electron chi connectivity index (χ3n) is 5.97. The first kappa shape index (κ1) is 23.2. The van der Waals surface area contributed by atoms with Crippen molar-refractivity contribution in [3.8, 4) is 28.3 Å². The molecule has 35 heavy (non-hydrogen) atoms. The number of nitrogens with zero attached hydrogens (tertiary/aromatic N) is 2. The van der Waals surface area contributed by atoms with Crippen LogP contribution in [-0.4, -0.2) is 47.8 Å². The second-order valence-electron chi connectivity index (χ2n) is 8.37. The van der Waals surface area contributed by atoms with Crippen molar-refractivity contribution in [2.75, 3.05) is 18.0 Å². The molecule has 8 nitrogen and oxygen atoms in total. The number of amides is 2. The van der Waals surface area contributed by atoms with Crippen molar-refractivity contribution in [2.45, 2.75) is 38.7 Å². The highest BCUT2D eigenvalue weighted by Gasteiger charge is 2.35. The van der Waals surface area contributed by atoms with E-state index in [0.717, 1.165) is 46.6 Å². The molecule has 2 N–H and O–H groups in total. The van der Waals surface area contributed by atoms with Gasteiger partial charge in [-0.25, -0.2) is 4.79 Å². The highest BCUT2D eigenvalue weighted by atomic mass is 32.1. The smallest absolute Gasteiger partial charge is 0.442 e. The minimum Gasteiger partial charge on any atom is -0.442 e. The molecular weight excluding hydrogens is 485 g/mol. The lowest BCUT2D eigenvalue weighted by Crippen LogP contribution is -2.33. The second kappa shape index (κ2) is 8.91. The van der Waals surface area contributed by atoms with E-state index < -0.39 is 18.6 Å². The number of carbonyl (C=O) groups is 2. The van der Waals surface area contributed by atoms with E-state index in [1.165, 1.54) is 17.2 Å². The van der Waals surface area contributed by atoms with Crippen LogP contribution in [0.3, 0.4) is 0 Å². The van der Waals surface area contributed by atoms with Crippen LogP contribution in [0.1, 0.15) is 24.5 Å². The zero-order valence-corrected chi connectivity index (χ0v) is 19.4. The number of anilines is 1. The summed E-state index contributed by atoms with van der Waals surface area (Å²) in [6.07, 6.45) is -3.61. The Hall–Kier alpha value is -3.54. The van der Waals surface area contributed by atoms with Crippen LogP contribution in [0.2, 0.25) is 0 Å². The van der Waals surface area contributed by atoms with Crippen LogP contribution in [0.5, 0.6) is 5.75 Å². The molecule has 2 aliphatic rings. The third kappa shape index (κ3) is 4.70. The third-order valence-corrected chi connectivity index (χ3v) is 6.69. The summed E-state index contributed by atoms with van der Waals surface area (Å²) in [4.78, 5) is 25.1. The minimum absolute atomic E-state index is 0.196. The number of H-pyrrole nitrogens is 1. The number of alkyl halides is 3. The molecule has 1 aromatic carbocycles. The molecule has 184 valence electrons. The summed E-state index contributed by atoms with van der Waals surface area (Å²) in [5, 5.41) is 12.9. The van der Waals surface area contributed by atoms with Gasteiger partial charge in [-0.05, 0) is 37.0 Å². The molecule has 5 rings (SSSR count). The minimum atomic E-state index is -4.79. The predicted octanol–water partition coefficient (Wildman–Crippen LogP) is 4.65. The SMILES string of the molecule is CC(=O)NC[C@H]1CN(c2ccc3c(c2)CCCc2c(-c4cscc4OC(F)(F)F)n[nH]c2-3)C(=O)O1. The lowest BCUT2D eigenvalue weighted by atomic mass is 10.00. The van der Waals surface area contributed by atoms with Crippen LogP contribution in [0, 0.1) is 0 Å². The van der Waals surface area contributed by atoms with Crippen LogP contribution in [0.15, 0.2) is 29.0 Å². The molecule has 0 unspecified atom stereocenters. The Labute approximate surface area is 202 Å². The molecule has 1 aliphatic heterocycles. The summed E-state index contributed by atoms with van der Waals surface area (Å²) in [5.74, 6) is -0.461. The first-order valence-electron chi connectivity index (χ1n) is 10.9. The highest BCUT2D eigenvalue weighted by Crippen LogP contribution is 2.42. The van der Waals surface area contributed by atoms with E-state index in [4.69, 9.17) is 4.74 Å². The Morgan fingerprint density at radius 3 is 2.91 bits per heavy atom. The number of halogens is 3. The Balaban J connectivity index is 1.43. The lowest BCUT2D eigenvalue weighted by molar-refractivity contribution is -0.274. The number of nitrogens with one attached hydrogen (secondary N) is 2. The second-order valence-corrected chi connectivity index (χ2v) is 9.12. The Morgan fingerprint density at radius 1 is 1.31 bits per heavy atom. The Bertz CT molecular complexity index is 1290. The van der Waals surface area contributed by atoms with Crippen molar-refractivity contribution in [2.24, 2.45) is 0 Å². The van der Waals surface area contributed by atoms with Gasteiger partial charge in [-0.2, -0.15) is 5.10 Å². The van der Waals surface area contributed by atoms with Crippen molar-refractivity contribution in [3.63, 3.8) is 0 Å². The molecule has 1 atom stereocenters. The number of benzene rings is 1. The van der Waals surface area contributed by atoms with Crippen LogP contribution in [0.4, 0.5) is 23.7 Å². The van der Waals surface area contributed by atoms with Crippen LogP contribution in [-0.2, 0) is 22.4 Å². The molecule has 2 amide bonds. The van der Waals surface area contributed by atoms with Gasteiger partial charge in [-0.3, -0.25) is 14.8 Å². The molecular formula is C23H21F3N4O4S. The van der Waals surface area contributed by atoms with Crippen molar-refractivity contribution in [1.82, 2.24) is 15.5 Å². The number of hydrogen-bond acceptors (Lipinski definition) is 6. The molecule has 3 aromatic rings. The predicted molar refractivity (Wildman–Crippen MR) is 122 cm³/mol. The van der Waals surface area contributed by atoms with Gasteiger partial charge in [0, 0.05) is 34.5 Å². The van der Waals surface area contributed by atoms with E-state index in [1.807, 2.05) is 12.1 Å². The van der Waals surface area contributed by atoms with Gasteiger partial charge < -0.3 is 14.8 Å². The molecule has 0 radical (unpaired) electrons. The number of fused-ring (bicyclic) bond motifs is 3. The Morgan fingerprint density at radius 2 is 2.14 bits per heavy atom. The van der Waals surface area contributed by atoms with Gasteiger partial charge in [0.15, 0.2) is 0 Å². The van der Waals surface area contributed by atoms with E-state index in [2.05, 4.69) is 20.3 Å². The van der Waals surface area contributed by atoms with Gasteiger partial charge in [-0.15, -0.1) is 24.5 Å². The summed E-state index contributed by atoms with van der Waals surface area (Å²) in [6.45, 7) is 1.96. The Kier molecular flexibility index (Phi) is 5.91. The largest absolute Gasteiger partial charge is 0.573 e. The van der Waals surface area contributed by atoms with Gasteiger partial charge in [0.25, 0.3) is 0 Å². The molecule has 0 bridgehead atoms. The van der Waals surface area contributed by atoms with Crippen molar-refractivity contribution in [1.29, 1.82) is 0 Å². The monoisotopic (exact) mass is 506 g/mol.